The molecule has 4 aromatic rings. The number of amides is 1. The molecule has 4 rings (SSSR count). The maximum Gasteiger partial charge on any atom is 0.273 e. The van der Waals surface area contributed by atoms with E-state index < -0.39 is 0 Å². The molecule has 5 nitrogen and oxygen atoms in total. The number of aromatic amines is 1. The second kappa shape index (κ2) is 6.45. The van der Waals surface area contributed by atoms with Crippen LogP contribution in [0.25, 0.3) is 10.9 Å². The first-order valence-corrected chi connectivity index (χ1v) is 8.23. The number of nitrogens with one attached hydrogen (secondary N) is 2. The van der Waals surface area contributed by atoms with E-state index in [1.165, 1.54) is 0 Å². The van der Waals surface area contributed by atoms with E-state index in [-0.39, 0.29) is 5.91 Å². The highest BCUT2D eigenvalue weighted by Crippen LogP contribution is 2.28. The zero-order valence-electron chi connectivity index (χ0n) is 13.2. The number of para-hydroxylation sites is 2. The number of carbonyl (C=O) groups is 1. The van der Waals surface area contributed by atoms with Crippen molar-refractivity contribution in [1.82, 2.24) is 14.8 Å². The van der Waals surface area contributed by atoms with Crippen LogP contribution in [0.5, 0.6) is 0 Å². The molecule has 0 atom stereocenters. The van der Waals surface area contributed by atoms with Crippen LogP contribution in [0.2, 0.25) is 5.02 Å². The molecule has 6 heteroatoms. The van der Waals surface area contributed by atoms with Gasteiger partial charge in [-0.15, -0.1) is 0 Å². The summed E-state index contributed by atoms with van der Waals surface area (Å²) in [7, 11) is 0. The van der Waals surface area contributed by atoms with E-state index in [1.807, 2.05) is 60.8 Å². The molecule has 0 fully saturated rings. The number of H-pyrrole nitrogens is 1. The minimum Gasteiger partial charge on any atom is -0.349 e. The molecule has 1 amide bonds. The van der Waals surface area contributed by atoms with E-state index in [0.717, 1.165) is 22.2 Å². The van der Waals surface area contributed by atoms with Gasteiger partial charge in [0.1, 0.15) is 5.69 Å². The van der Waals surface area contributed by atoms with Gasteiger partial charge >= 0.3 is 0 Å². The van der Waals surface area contributed by atoms with Crippen molar-refractivity contribution in [3.05, 3.63) is 83.3 Å². The van der Waals surface area contributed by atoms with Crippen LogP contribution in [-0.4, -0.2) is 20.7 Å². The van der Waals surface area contributed by atoms with Gasteiger partial charge in [0.05, 0.1) is 11.6 Å². The summed E-state index contributed by atoms with van der Waals surface area (Å²) in [4.78, 5) is 15.8. The fourth-order valence-corrected chi connectivity index (χ4v) is 3.10. The number of halogens is 1. The number of anilines is 1. The summed E-state index contributed by atoms with van der Waals surface area (Å²) in [5.74, 6) is -0.269. The van der Waals surface area contributed by atoms with Crippen LogP contribution in [0.3, 0.4) is 0 Å². The Morgan fingerprint density at radius 3 is 2.72 bits per heavy atom. The molecule has 0 saturated carbocycles. The van der Waals surface area contributed by atoms with Crippen LogP contribution in [0.1, 0.15) is 16.1 Å². The number of benzene rings is 2. The minimum atomic E-state index is -0.269. The van der Waals surface area contributed by atoms with Gasteiger partial charge in [0.15, 0.2) is 0 Å². The van der Waals surface area contributed by atoms with Crippen molar-refractivity contribution in [2.75, 3.05) is 5.32 Å². The number of hydrogen-bond acceptors (Lipinski definition) is 2. The van der Waals surface area contributed by atoms with Crippen LogP contribution in [0, 0.1) is 0 Å². The van der Waals surface area contributed by atoms with Crippen LogP contribution in [-0.2, 0) is 6.54 Å². The smallest absolute Gasteiger partial charge is 0.273 e. The lowest BCUT2D eigenvalue weighted by molar-refractivity contribution is 0.102. The van der Waals surface area contributed by atoms with Gasteiger partial charge in [-0.05, 0) is 23.8 Å². The third kappa shape index (κ3) is 3.02. The Labute approximate surface area is 149 Å². The first kappa shape index (κ1) is 15.5. The Morgan fingerprint density at radius 1 is 1.12 bits per heavy atom. The normalized spacial score (nSPS) is 10.9. The number of aromatic nitrogens is 3. The predicted molar refractivity (Wildman–Crippen MR) is 99.0 cm³/mol. The van der Waals surface area contributed by atoms with Crippen molar-refractivity contribution in [2.45, 2.75) is 6.54 Å². The molecule has 0 unspecified atom stereocenters. The zero-order chi connectivity index (χ0) is 17.2. The van der Waals surface area contributed by atoms with Crippen molar-refractivity contribution >= 4 is 34.1 Å². The Hall–Kier alpha value is -3.05. The standard InChI is InChI=1S/C19H15ClN4O/c20-17-14-7-2-4-9-16(14)22-18(17)19(25)23-15-8-3-1-6-13(15)12-24-11-5-10-21-24/h1-11,22H,12H2,(H,23,25). The van der Waals surface area contributed by atoms with Gasteiger partial charge in [0, 0.05) is 29.0 Å². The summed E-state index contributed by atoms with van der Waals surface area (Å²) in [6.45, 7) is 0.573. The van der Waals surface area contributed by atoms with Gasteiger partial charge in [-0.2, -0.15) is 5.10 Å². The summed E-state index contributed by atoms with van der Waals surface area (Å²) in [6, 6.07) is 17.1. The summed E-state index contributed by atoms with van der Waals surface area (Å²) >= 11 is 6.37. The van der Waals surface area contributed by atoms with Gasteiger partial charge in [-0.1, -0.05) is 48.0 Å². The molecule has 0 aliphatic heterocycles. The van der Waals surface area contributed by atoms with E-state index in [0.29, 0.717) is 17.3 Å². The third-order valence-corrected chi connectivity index (χ3v) is 4.42. The van der Waals surface area contributed by atoms with Gasteiger partial charge in [-0.3, -0.25) is 9.48 Å². The number of hydrogen-bond donors (Lipinski definition) is 2. The maximum atomic E-state index is 12.7. The lowest BCUT2D eigenvalue weighted by Crippen LogP contribution is -2.15. The van der Waals surface area contributed by atoms with Crippen LogP contribution >= 0.6 is 11.6 Å². The molecular weight excluding hydrogens is 336 g/mol. The molecule has 2 aromatic carbocycles. The van der Waals surface area contributed by atoms with Gasteiger partial charge in [0.2, 0.25) is 0 Å². The fraction of sp³-hybridized carbons (Fsp3) is 0.0526. The molecule has 2 aromatic heterocycles. The van der Waals surface area contributed by atoms with Gasteiger partial charge < -0.3 is 10.3 Å². The molecule has 25 heavy (non-hydrogen) atoms. The van der Waals surface area contributed by atoms with Crippen LogP contribution in [0.4, 0.5) is 5.69 Å². The molecule has 2 N–H and O–H groups in total. The van der Waals surface area contributed by atoms with E-state index in [2.05, 4.69) is 15.4 Å². The fourth-order valence-electron chi connectivity index (χ4n) is 2.80. The summed E-state index contributed by atoms with van der Waals surface area (Å²) in [5.41, 5.74) is 2.89. The monoisotopic (exact) mass is 350 g/mol. The number of nitrogens with zero attached hydrogens (tertiary/aromatic N) is 2. The average Bonchev–Trinajstić information content (AvgIpc) is 3.25. The highest BCUT2D eigenvalue weighted by Gasteiger charge is 2.17. The first-order chi connectivity index (χ1) is 12.2. The largest absolute Gasteiger partial charge is 0.349 e. The Balaban J connectivity index is 1.63. The van der Waals surface area contributed by atoms with E-state index in [1.54, 1.807) is 10.9 Å². The third-order valence-electron chi connectivity index (χ3n) is 4.03. The molecule has 2 heterocycles. The second-order valence-corrected chi connectivity index (χ2v) is 6.05. The number of rotatable bonds is 4. The van der Waals surface area contributed by atoms with Crippen molar-refractivity contribution < 1.29 is 4.79 Å². The SMILES string of the molecule is O=C(Nc1ccccc1Cn1cccn1)c1[nH]c2ccccc2c1Cl. The molecule has 0 spiro atoms. The Kier molecular flexibility index (Phi) is 3.99. The van der Waals surface area contributed by atoms with Crippen LogP contribution in [0.15, 0.2) is 67.0 Å². The quantitative estimate of drug-likeness (QED) is 0.575. The highest BCUT2D eigenvalue weighted by atomic mass is 35.5. The number of fused-ring (bicyclic) bond motifs is 1. The summed E-state index contributed by atoms with van der Waals surface area (Å²) < 4.78 is 1.81. The Morgan fingerprint density at radius 2 is 1.92 bits per heavy atom. The van der Waals surface area contributed by atoms with E-state index >= 15 is 0 Å². The van der Waals surface area contributed by atoms with Crippen molar-refractivity contribution in [3.8, 4) is 0 Å². The highest BCUT2D eigenvalue weighted by molar-refractivity contribution is 6.39. The molecule has 0 aliphatic carbocycles. The van der Waals surface area contributed by atoms with Crippen molar-refractivity contribution in [2.24, 2.45) is 0 Å². The van der Waals surface area contributed by atoms with Gasteiger partial charge in [-0.25, -0.2) is 0 Å². The summed E-state index contributed by atoms with van der Waals surface area (Å²) in [5, 5.41) is 8.42. The zero-order valence-corrected chi connectivity index (χ0v) is 14.0. The second-order valence-electron chi connectivity index (χ2n) is 5.67. The van der Waals surface area contributed by atoms with E-state index in [4.69, 9.17) is 11.6 Å². The lowest BCUT2D eigenvalue weighted by Gasteiger charge is -2.11. The molecule has 124 valence electrons. The van der Waals surface area contributed by atoms with Crippen molar-refractivity contribution in [1.29, 1.82) is 0 Å². The van der Waals surface area contributed by atoms with Crippen LogP contribution < -0.4 is 5.32 Å². The van der Waals surface area contributed by atoms with Crippen molar-refractivity contribution in [3.63, 3.8) is 0 Å². The predicted octanol–water partition coefficient (Wildman–Crippen LogP) is 4.32. The molecule has 0 radical (unpaired) electrons. The molecule has 0 aliphatic rings. The number of carbonyl (C=O) groups excluding carboxylic acids is 1. The summed E-state index contributed by atoms with van der Waals surface area (Å²) in [6.07, 6.45) is 3.61. The van der Waals surface area contributed by atoms with Gasteiger partial charge in [0.25, 0.3) is 5.91 Å². The maximum absolute atomic E-state index is 12.7. The molecular formula is C19H15ClN4O. The molecule has 0 bridgehead atoms. The lowest BCUT2D eigenvalue weighted by atomic mass is 10.1. The Bertz CT molecular complexity index is 1040. The topological polar surface area (TPSA) is 62.7 Å². The molecule has 0 saturated heterocycles. The van der Waals surface area contributed by atoms with E-state index in [9.17, 15) is 4.79 Å². The first-order valence-electron chi connectivity index (χ1n) is 7.85. The minimum absolute atomic E-state index is 0.269. The average molecular weight is 351 g/mol.